The van der Waals surface area contributed by atoms with Gasteiger partial charge in [0.1, 0.15) is 5.75 Å². The van der Waals surface area contributed by atoms with E-state index in [0.717, 1.165) is 16.9 Å². The highest BCUT2D eigenvalue weighted by atomic mass is 16.5. The molecule has 1 fully saturated rings. The summed E-state index contributed by atoms with van der Waals surface area (Å²) < 4.78 is 21.4. The van der Waals surface area contributed by atoms with Crippen LogP contribution in [0.3, 0.4) is 0 Å². The lowest BCUT2D eigenvalue weighted by molar-refractivity contribution is 0.00582. The minimum atomic E-state index is -0.506. The molecular formula is C31H35N3O7. The van der Waals surface area contributed by atoms with Crippen molar-refractivity contribution in [3.63, 3.8) is 0 Å². The minimum absolute atomic E-state index is 0.252. The number of hydrogen-bond acceptors (Lipinski definition) is 8. The minimum Gasteiger partial charge on any atom is -0.497 e. The van der Waals surface area contributed by atoms with Crippen LogP contribution < -0.4 is 10.1 Å². The summed E-state index contributed by atoms with van der Waals surface area (Å²) in [4.78, 5) is 40.8. The molecule has 0 spiro atoms. The number of nitrogens with one attached hydrogen (secondary N) is 1. The van der Waals surface area contributed by atoms with Gasteiger partial charge >= 0.3 is 18.0 Å². The Morgan fingerprint density at radius 2 is 1.54 bits per heavy atom. The second kappa shape index (κ2) is 14.3. The van der Waals surface area contributed by atoms with Gasteiger partial charge < -0.3 is 29.2 Å². The number of carbonyl (C=O) groups is 3. The van der Waals surface area contributed by atoms with Gasteiger partial charge in [-0.05, 0) is 47.5 Å². The number of rotatable bonds is 10. The number of benzene rings is 3. The summed E-state index contributed by atoms with van der Waals surface area (Å²) in [7, 11) is 4.30. The Bertz CT molecular complexity index is 1340. The van der Waals surface area contributed by atoms with Crippen molar-refractivity contribution >= 4 is 23.7 Å². The Balaban J connectivity index is 1.38. The smallest absolute Gasteiger partial charge is 0.339 e. The standard InChI is InChI=1S/C31H35N3O7/c1-38-25-8-6-7-24(19-25)28(41-21-22-11-13-23(14-12-22)29(35)39-2)20-33-15-17-34(18-16-33)31(37)32-27-10-5-4-9-26(27)30(36)40-3/h4-14,19,28H,15-18,20-21H2,1-3H3,(H,32,37). The SMILES string of the molecule is COC(=O)c1ccc(COC(CN2CCN(C(=O)Nc3ccccc3C(=O)OC)CC2)c2cccc(OC)c2)cc1. The lowest BCUT2D eigenvalue weighted by Crippen LogP contribution is -2.51. The Hall–Kier alpha value is -4.41. The van der Waals surface area contributed by atoms with Crippen LogP contribution in [0.4, 0.5) is 10.5 Å². The number of methoxy groups -OCH3 is 3. The summed E-state index contributed by atoms with van der Waals surface area (Å²) >= 11 is 0. The van der Waals surface area contributed by atoms with Crippen LogP contribution in [0.15, 0.2) is 72.8 Å². The summed E-state index contributed by atoms with van der Waals surface area (Å²) in [5, 5.41) is 2.84. The summed E-state index contributed by atoms with van der Waals surface area (Å²) in [5.74, 6) is -0.145. The van der Waals surface area contributed by atoms with Crippen molar-refractivity contribution in [3.8, 4) is 5.75 Å². The van der Waals surface area contributed by atoms with Gasteiger partial charge in [0.2, 0.25) is 0 Å². The van der Waals surface area contributed by atoms with Gasteiger partial charge in [-0.1, -0.05) is 36.4 Å². The highest BCUT2D eigenvalue weighted by molar-refractivity contribution is 6.00. The quantitative estimate of drug-likeness (QED) is 0.364. The van der Waals surface area contributed by atoms with Gasteiger partial charge in [-0.15, -0.1) is 0 Å². The molecule has 4 rings (SSSR count). The first-order valence-electron chi connectivity index (χ1n) is 13.3. The van der Waals surface area contributed by atoms with Gasteiger partial charge in [-0.25, -0.2) is 14.4 Å². The monoisotopic (exact) mass is 561 g/mol. The van der Waals surface area contributed by atoms with Crippen LogP contribution in [-0.2, 0) is 20.8 Å². The molecule has 10 nitrogen and oxygen atoms in total. The molecule has 0 aromatic heterocycles. The number of urea groups is 1. The number of hydrogen-bond donors (Lipinski definition) is 1. The van der Waals surface area contributed by atoms with Gasteiger partial charge in [0, 0.05) is 32.7 Å². The molecule has 216 valence electrons. The lowest BCUT2D eigenvalue weighted by Gasteiger charge is -2.36. The Morgan fingerprint density at radius 3 is 2.22 bits per heavy atom. The maximum atomic E-state index is 13.0. The molecule has 41 heavy (non-hydrogen) atoms. The second-order valence-corrected chi connectivity index (χ2v) is 9.52. The molecule has 0 bridgehead atoms. The molecule has 10 heteroatoms. The molecule has 3 aromatic rings. The van der Waals surface area contributed by atoms with E-state index in [2.05, 4.69) is 10.2 Å². The topological polar surface area (TPSA) is 107 Å². The fraction of sp³-hybridized carbons (Fsp3) is 0.323. The Morgan fingerprint density at radius 1 is 0.829 bits per heavy atom. The van der Waals surface area contributed by atoms with Crippen molar-refractivity contribution < 1.29 is 33.3 Å². The van der Waals surface area contributed by atoms with E-state index in [9.17, 15) is 14.4 Å². The van der Waals surface area contributed by atoms with E-state index in [1.165, 1.54) is 14.2 Å². The number of anilines is 1. The molecule has 1 aliphatic heterocycles. The normalized spacial score (nSPS) is 14.2. The summed E-state index contributed by atoms with van der Waals surface area (Å²) in [6, 6.07) is 21.5. The first-order valence-corrected chi connectivity index (χ1v) is 13.3. The summed E-state index contributed by atoms with van der Waals surface area (Å²) in [6.45, 7) is 3.32. The van der Waals surface area contributed by atoms with Crippen molar-refractivity contribution in [2.75, 3.05) is 59.4 Å². The van der Waals surface area contributed by atoms with Gasteiger partial charge in [0.25, 0.3) is 0 Å². The molecular weight excluding hydrogens is 526 g/mol. The van der Waals surface area contributed by atoms with Crippen molar-refractivity contribution in [3.05, 3.63) is 95.1 Å². The van der Waals surface area contributed by atoms with Crippen LogP contribution in [0.5, 0.6) is 5.75 Å². The predicted octanol–water partition coefficient (Wildman–Crippen LogP) is 4.38. The highest BCUT2D eigenvalue weighted by Crippen LogP contribution is 2.25. The zero-order valence-electron chi connectivity index (χ0n) is 23.5. The second-order valence-electron chi connectivity index (χ2n) is 9.52. The number of amides is 2. The van der Waals surface area contributed by atoms with Crippen LogP contribution in [0.2, 0.25) is 0 Å². The van der Waals surface area contributed by atoms with Crippen molar-refractivity contribution in [1.82, 2.24) is 9.80 Å². The molecule has 1 saturated heterocycles. The molecule has 1 atom stereocenters. The molecule has 1 heterocycles. The van der Waals surface area contributed by atoms with E-state index in [1.807, 2.05) is 36.4 Å². The van der Waals surface area contributed by atoms with Crippen molar-refractivity contribution in [2.24, 2.45) is 0 Å². The molecule has 1 aliphatic rings. The number of piperazine rings is 1. The first kappa shape index (κ1) is 29.6. The Labute approximate surface area is 239 Å². The molecule has 3 aromatic carbocycles. The van der Waals surface area contributed by atoms with E-state index in [4.69, 9.17) is 18.9 Å². The maximum absolute atomic E-state index is 13.0. The fourth-order valence-electron chi connectivity index (χ4n) is 4.59. The molecule has 2 amide bonds. The maximum Gasteiger partial charge on any atom is 0.339 e. The summed E-state index contributed by atoms with van der Waals surface area (Å²) in [6.07, 6.45) is -0.252. The van der Waals surface area contributed by atoms with Gasteiger partial charge in [0.15, 0.2) is 0 Å². The summed E-state index contributed by atoms with van der Waals surface area (Å²) in [5.41, 5.74) is 3.11. The van der Waals surface area contributed by atoms with Gasteiger partial charge in [0.05, 0.1) is 50.9 Å². The average molecular weight is 562 g/mol. The van der Waals surface area contributed by atoms with Crippen LogP contribution in [-0.4, -0.2) is 81.8 Å². The zero-order chi connectivity index (χ0) is 29.2. The third-order valence-electron chi connectivity index (χ3n) is 6.95. The van der Waals surface area contributed by atoms with E-state index in [0.29, 0.717) is 56.1 Å². The molecule has 0 radical (unpaired) electrons. The number of esters is 2. The third kappa shape index (κ3) is 7.84. The number of ether oxygens (including phenoxy) is 4. The van der Waals surface area contributed by atoms with Crippen LogP contribution in [0.1, 0.15) is 37.9 Å². The Kier molecular flexibility index (Phi) is 10.3. The van der Waals surface area contributed by atoms with E-state index in [-0.39, 0.29) is 18.1 Å². The fourth-order valence-corrected chi connectivity index (χ4v) is 4.59. The zero-order valence-corrected chi connectivity index (χ0v) is 23.5. The van der Waals surface area contributed by atoms with Crippen molar-refractivity contribution in [1.29, 1.82) is 0 Å². The average Bonchev–Trinajstić information content (AvgIpc) is 3.03. The van der Waals surface area contributed by atoms with Crippen LogP contribution in [0.25, 0.3) is 0 Å². The van der Waals surface area contributed by atoms with Crippen molar-refractivity contribution in [2.45, 2.75) is 12.7 Å². The van der Waals surface area contributed by atoms with Gasteiger partial charge in [-0.3, -0.25) is 4.90 Å². The third-order valence-corrected chi connectivity index (χ3v) is 6.95. The molecule has 1 unspecified atom stereocenters. The van der Waals surface area contributed by atoms with E-state index in [1.54, 1.807) is 48.4 Å². The number of nitrogens with zero attached hydrogens (tertiary/aromatic N) is 2. The largest absolute Gasteiger partial charge is 0.497 e. The number of para-hydroxylation sites is 1. The predicted molar refractivity (Wildman–Crippen MR) is 153 cm³/mol. The van der Waals surface area contributed by atoms with E-state index < -0.39 is 5.97 Å². The molecule has 1 N–H and O–H groups in total. The highest BCUT2D eigenvalue weighted by Gasteiger charge is 2.25. The number of carbonyl (C=O) groups excluding carboxylic acids is 3. The van der Waals surface area contributed by atoms with Gasteiger partial charge in [-0.2, -0.15) is 0 Å². The first-order chi connectivity index (χ1) is 19.9. The van der Waals surface area contributed by atoms with E-state index >= 15 is 0 Å². The molecule has 0 aliphatic carbocycles. The van der Waals surface area contributed by atoms with Crippen LogP contribution >= 0.6 is 0 Å². The molecule has 0 saturated carbocycles. The van der Waals surface area contributed by atoms with Crippen LogP contribution in [0, 0.1) is 0 Å². The lowest BCUT2D eigenvalue weighted by atomic mass is 10.1.